The molecule has 1 aliphatic rings. The van der Waals surface area contributed by atoms with Crippen molar-refractivity contribution in [2.24, 2.45) is 0 Å². The third-order valence-corrected chi connectivity index (χ3v) is 3.75. The molecular weight excluding hydrogens is 267 g/mol. The van der Waals surface area contributed by atoms with Gasteiger partial charge in [0.25, 0.3) is 0 Å². The van der Waals surface area contributed by atoms with Crippen LogP contribution in [0.25, 0.3) is 5.57 Å². The number of fused-ring (bicyclic) bond motifs is 1. The van der Waals surface area contributed by atoms with Crippen LogP contribution < -0.4 is 0 Å². The second-order valence-corrected chi connectivity index (χ2v) is 5.10. The number of hydrogen-bond donors (Lipinski definition) is 0. The summed E-state index contributed by atoms with van der Waals surface area (Å²) in [6.07, 6.45) is 3.70. The molecule has 0 aromatic heterocycles. The Labute approximate surface area is 122 Å². The van der Waals surface area contributed by atoms with Crippen molar-refractivity contribution < 1.29 is 13.9 Å². The Balaban J connectivity index is 1.78. The molecule has 0 spiro atoms. The molecule has 0 heterocycles. The van der Waals surface area contributed by atoms with Crippen LogP contribution in [0.5, 0.6) is 0 Å². The topological polar surface area (TPSA) is 26.3 Å². The summed E-state index contributed by atoms with van der Waals surface area (Å²) in [6, 6.07) is 12.3. The van der Waals surface area contributed by atoms with Crippen LogP contribution in [0.4, 0.5) is 4.39 Å². The quantitative estimate of drug-likeness (QED) is 0.800. The molecular formula is C18H15FO2. The van der Waals surface area contributed by atoms with Crippen LogP contribution in [0.3, 0.4) is 0 Å². The second kappa shape index (κ2) is 5.52. The summed E-state index contributed by atoms with van der Waals surface area (Å²) < 4.78 is 17.9. The lowest BCUT2D eigenvalue weighted by molar-refractivity contribution is 0.0600. The molecule has 0 atom stereocenters. The fraction of sp³-hybridized carbons (Fsp3) is 0.167. The van der Waals surface area contributed by atoms with E-state index in [1.165, 1.54) is 18.7 Å². The van der Waals surface area contributed by atoms with Gasteiger partial charge < -0.3 is 4.74 Å². The summed E-state index contributed by atoms with van der Waals surface area (Å²) in [5, 5.41) is 0. The largest absolute Gasteiger partial charge is 0.465 e. The van der Waals surface area contributed by atoms with Crippen molar-refractivity contribution in [3.8, 4) is 0 Å². The number of hydrogen-bond acceptors (Lipinski definition) is 2. The van der Waals surface area contributed by atoms with Crippen molar-refractivity contribution in [3.05, 3.63) is 76.6 Å². The van der Waals surface area contributed by atoms with Crippen LogP contribution in [0.2, 0.25) is 0 Å². The molecule has 0 radical (unpaired) electrons. The molecule has 0 unspecified atom stereocenters. The lowest BCUT2D eigenvalue weighted by Crippen LogP contribution is -2.01. The SMILES string of the molecule is COC(=O)c1ccc(CC2=CCc3cc(F)ccc32)cc1. The van der Waals surface area contributed by atoms with Crippen LogP contribution in [0.15, 0.2) is 48.5 Å². The highest BCUT2D eigenvalue weighted by molar-refractivity contribution is 5.89. The van der Waals surface area contributed by atoms with Gasteiger partial charge in [-0.2, -0.15) is 0 Å². The number of carbonyl (C=O) groups is 1. The number of esters is 1. The molecule has 3 rings (SSSR count). The average Bonchev–Trinajstić information content (AvgIpc) is 2.89. The highest BCUT2D eigenvalue weighted by Gasteiger charge is 2.15. The van der Waals surface area contributed by atoms with Crippen molar-refractivity contribution in [3.63, 3.8) is 0 Å². The molecule has 106 valence electrons. The Hall–Kier alpha value is -2.42. The number of halogens is 1. The summed E-state index contributed by atoms with van der Waals surface area (Å²) in [4.78, 5) is 11.4. The van der Waals surface area contributed by atoms with Gasteiger partial charge in [0.05, 0.1) is 12.7 Å². The van der Waals surface area contributed by atoms with E-state index in [1.807, 2.05) is 18.2 Å². The van der Waals surface area contributed by atoms with E-state index < -0.39 is 0 Å². The van der Waals surface area contributed by atoms with Gasteiger partial charge in [0.15, 0.2) is 0 Å². The second-order valence-electron chi connectivity index (χ2n) is 5.10. The number of benzene rings is 2. The lowest BCUT2D eigenvalue weighted by Gasteiger charge is -2.07. The van der Waals surface area contributed by atoms with E-state index in [4.69, 9.17) is 0 Å². The van der Waals surface area contributed by atoms with Crippen LogP contribution in [0, 0.1) is 5.82 Å². The van der Waals surface area contributed by atoms with Crippen LogP contribution in [-0.2, 0) is 17.6 Å². The molecule has 0 saturated heterocycles. The van der Waals surface area contributed by atoms with Crippen molar-refractivity contribution in [1.29, 1.82) is 0 Å². The summed E-state index contributed by atoms with van der Waals surface area (Å²) in [7, 11) is 1.37. The predicted molar refractivity (Wildman–Crippen MR) is 79.6 cm³/mol. The molecule has 2 aromatic carbocycles. The fourth-order valence-corrected chi connectivity index (χ4v) is 2.65. The summed E-state index contributed by atoms with van der Waals surface area (Å²) in [5.74, 6) is -0.520. The standard InChI is InChI=1S/C18H15FO2/c1-21-18(20)13-4-2-12(3-5-13)10-14-6-7-15-11-16(19)8-9-17(14)15/h2-6,8-9,11H,7,10H2,1H3. The van der Waals surface area contributed by atoms with Gasteiger partial charge in [-0.25, -0.2) is 9.18 Å². The van der Waals surface area contributed by atoms with Gasteiger partial charge in [-0.1, -0.05) is 24.3 Å². The highest BCUT2D eigenvalue weighted by atomic mass is 19.1. The first-order valence-corrected chi connectivity index (χ1v) is 6.82. The zero-order valence-electron chi connectivity index (χ0n) is 11.7. The van der Waals surface area contributed by atoms with Crippen LogP contribution in [-0.4, -0.2) is 13.1 Å². The van der Waals surface area contributed by atoms with E-state index in [2.05, 4.69) is 10.8 Å². The normalized spacial score (nSPS) is 12.8. The Kier molecular flexibility index (Phi) is 3.57. The van der Waals surface area contributed by atoms with Crippen LogP contribution >= 0.6 is 0 Å². The van der Waals surface area contributed by atoms with Gasteiger partial charge in [-0.05, 0) is 59.4 Å². The zero-order chi connectivity index (χ0) is 14.8. The Bertz CT molecular complexity index is 714. The number of ether oxygens (including phenoxy) is 1. The van der Waals surface area contributed by atoms with E-state index in [-0.39, 0.29) is 11.8 Å². The number of rotatable bonds is 3. The maximum absolute atomic E-state index is 13.2. The van der Waals surface area contributed by atoms with E-state index >= 15 is 0 Å². The molecule has 3 heteroatoms. The van der Waals surface area contributed by atoms with E-state index in [9.17, 15) is 9.18 Å². The fourth-order valence-electron chi connectivity index (χ4n) is 2.65. The first-order chi connectivity index (χ1) is 10.2. The molecule has 21 heavy (non-hydrogen) atoms. The maximum atomic E-state index is 13.2. The Morgan fingerprint density at radius 3 is 2.67 bits per heavy atom. The highest BCUT2D eigenvalue weighted by Crippen LogP contribution is 2.30. The minimum Gasteiger partial charge on any atom is -0.465 e. The summed E-state index contributed by atoms with van der Waals surface area (Å²) in [6.45, 7) is 0. The van der Waals surface area contributed by atoms with Gasteiger partial charge in [0.1, 0.15) is 5.82 Å². The zero-order valence-corrected chi connectivity index (χ0v) is 11.7. The molecule has 0 N–H and O–H groups in total. The Morgan fingerprint density at radius 1 is 1.19 bits per heavy atom. The average molecular weight is 282 g/mol. The minimum absolute atomic E-state index is 0.189. The van der Waals surface area contributed by atoms with Crippen molar-refractivity contribution in [1.82, 2.24) is 0 Å². The molecule has 0 amide bonds. The van der Waals surface area contributed by atoms with Crippen molar-refractivity contribution >= 4 is 11.5 Å². The predicted octanol–water partition coefficient (Wildman–Crippen LogP) is 3.79. The van der Waals surface area contributed by atoms with Gasteiger partial charge >= 0.3 is 5.97 Å². The minimum atomic E-state index is -0.331. The first kappa shape index (κ1) is 13.6. The van der Waals surface area contributed by atoms with Crippen molar-refractivity contribution in [2.75, 3.05) is 7.11 Å². The third kappa shape index (κ3) is 2.72. The molecule has 2 nitrogen and oxygen atoms in total. The summed E-state index contributed by atoms with van der Waals surface area (Å²) >= 11 is 0. The van der Waals surface area contributed by atoms with E-state index in [1.54, 1.807) is 18.2 Å². The van der Waals surface area contributed by atoms with E-state index in [0.717, 1.165) is 29.5 Å². The molecule has 0 aliphatic heterocycles. The molecule has 0 bridgehead atoms. The Morgan fingerprint density at radius 2 is 1.95 bits per heavy atom. The monoisotopic (exact) mass is 282 g/mol. The number of allylic oxidation sites excluding steroid dienone is 2. The van der Waals surface area contributed by atoms with Gasteiger partial charge in [0, 0.05) is 0 Å². The summed E-state index contributed by atoms with van der Waals surface area (Å²) in [5.41, 5.74) is 5.02. The number of carbonyl (C=O) groups excluding carboxylic acids is 1. The first-order valence-electron chi connectivity index (χ1n) is 6.82. The number of methoxy groups -OCH3 is 1. The maximum Gasteiger partial charge on any atom is 0.337 e. The van der Waals surface area contributed by atoms with E-state index in [0.29, 0.717) is 5.56 Å². The van der Waals surface area contributed by atoms with Crippen molar-refractivity contribution in [2.45, 2.75) is 12.8 Å². The molecule has 2 aromatic rings. The van der Waals surface area contributed by atoms with Gasteiger partial charge in [0.2, 0.25) is 0 Å². The molecule has 0 fully saturated rings. The smallest absolute Gasteiger partial charge is 0.337 e. The lowest BCUT2D eigenvalue weighted by atomic mass is 9.98. The molecule has 1 aliphatic carbocycles. The van der Waals surface area contributed by atoms with Gasteiger partial charge in [-0.15, -0.1) is 0 Å². The molecule has 0 saturated carbocycles. The van der Waals surface area contributed by atoms with Crippen LogP contribution in [0.1, 0.15) is 27.0 Å². The van der Waals surface area contributed by atoms with Gasteiger partial charge in [-0.3, -0.25) is 0 Å². The third-order valence-electron chi connectivity index (χ3n) is 3.75.